The molecule has 1 aliphatic rings. The van der Waals surface area contributed by atoms with Crippen molar-refractivity contribution in [3.05, 3.63) is 99.9 Å². The second kappa shape index (κ2) is 13.1. The molecule has 6 rings (SSSR count). The molecule has 48 heavy (non-hydrogen) atoms. The Morgan fingerprint density at radius 2 is 1.73 bits per heavy atom. The summed E-state index contributed by atoms with van der Waals surface area (Å²) in [6, 6.07) is 10.9. The molecule has 1 amide bonds. The first-order valence-electron chi connectivity index (χ1n) is 16.3. The van der Waals surface area contributed by atoms with Gasteiger partial charge in [-0.1, -0.05) is 38.1 Å². The van der Waals surface area contributed by atoms with Crippen molar-refractivity contribution in [3.63, 3.8) is 0 Å². The standard InChI is InChI=1S/C37H40FN7O3/c1-21(2)37(48)43-12-10-26(11-13-43)31-16-29(34-36(39)41-20-42-45(31)34)25-8-6-24(7-9-25)14-32(46)30-19-44(22(3)4)23(5)33(35(30)47)27-15-28(38)18-40-17-27/h6-9,15-22,26H,10-14H2,1-5H3,(H2,39,41,42). The second-order valence-corrected chi connectivity index (χ2v) is 13.2. The summed E-state index contributed by atoms with van der Waals surface area (Å²) in [5.74, 6) is -0.173. The van der Waals surface area contributed by atoms with Crippen molar-refractivity contribution in [3.8, 4) is 22.3 Å². The molecule has 2 N–H and O–H groups in total. The van der Waals surface area contributed by atoms with Gasteiger partial charge < -0.3 is 15.2 Å². The molecule has 1 aromatic carbocycles. The number of aromatic nitrogens is 5. The predicted octanol–water partition coefficient (Wildman–Crippen LogP) is 6.02. The third kappa shape index (κ3) is 6.12. The van der Waals surface area contributed by atoms with Gasteiger partial charge in [-0.2, -0.15) is 5.10 Å². The maximum atomic E-state index is 14.1. The van der Waals surface area contributed by atoms with E-state index in [0.717, 1.165) is 41.4 Å². The van der Waals surface area contributed by atoms with E-state index in [2.05, 4.69) is 21.1 Å². The van der Waals surface area contributed by atoms with E-state index in [0.29, 0.717) is 35.7 Å². The first kappa shape index (κ1) is 32.7. The van der Waals surface area contributed by atoms with Crippen molar-refractivity contribution < 1.29 is 14.0 Å². The first-order chi connectivity index (χ1) is 22.9. The molecule has 10 nitrogen and oxygen atoms in total. The molecule has 0 radical (unpaired) electrons. The molecule has 1 aliphatic heterocycles. The normalized spacial score (nSPS) is 14.0. The van der Waals surface area contributed by atoms with Gasteiger partial charge in [-0.3, -0.25) is 19.4 Å². The fraction of sp³-hybridized carbons (Fsp3) is 0.351. The number of hydrogen-bond acceptors (Lipinski definition) is 7. The lowest BCUT2D eigenvalue weighted by molar-refractivity contribution is -0.135. The number of nitrogens with two attached hydrogens (primary N) is 1. The lowest BCUT2D eigenvalue weighted by Gasteiger charge is -2.33. The van der Waals surface area contributed by atoms with Crippen LogP contribution in [0, 0.1) is 18.7 Å². The summed E-state index contributed by atoms with van der Waals surface area (Å²) in [5.41, 5.74) is 11.5. The summed E-state index contributed by atoms with van der Waals surface area (Å²) in [6.45, 7) is 11.0. The van der Waals surface area contributed by atoms with Crippen molar-refractivity contribution in [1.29, 1.82) is 0 Å². The molecule has 0 spiro atoms. The third-order valence-corrected chi connectivity index (χ3v) is 9.30. The number of carbonyl (C=O) groups is 2. The van der Waals surface area contributed by atoms with Crippen molar-refractivity contribution in [1.82, 2.24) is 29.0 Å². The average molecular weight is 650 g/mol. The third-order valence-electron chi connectivity index (χ3n) is 9.30. The zero-order chi connectivity index (χ0) is 34.3. The van der Waals surface area contributed by atoms with Crippen molar-refractivity contribution >= 4 is 23.0 Å². The van der Waals surface area contributed by atoms with E-state index in [4.69, 9.17) is 5.73 Å². The average Bonchev–Trinajstić information content (AvgIpc) is 3.46. The zero-order valence-corrected chi connectivity index (χ0v) is 27.9. The van der Waals surface area contributed by atoms with Crippen LogP contribution < -0.4 is 11.2 Å². The molecule has 5 heterocycles. The molecule has 5 aromatic rings. The SMILES string of the molecule is Cc1c(-c2cncc(F)c2)c(=O)c(C(=O)Cc2ccc(-c3cc(C4CCN(C(=O)C(C)C)CC4)n4ncnc(N)c34)cc2)cn1C(C)C. The Kier molecular flexibility index (Phi) is 8.96. The summed E-state index contributed by atoms with van der Waals surface area (Å²) in [7, 11) is 0. The second-order valence-electron chi connectivity index (χ2n) is 13.2. The molecule has 0 aliphatic carbocycles. The Hall–Kier alpha value is -5.19. The highest BCUT2D eigenvalue weighted by atomic mass is 19.1. The van der Waals surface area contributed by atoms with E-state index in [-0.39, 0.29) is 47.1 Å². The van der Waals surface area contributed by atoms with Gasteiger partial charge in [0.15, 0.2) is 11.6 Å². The minimum absolute atomic E-state index is 0.0121. The Bertz CT molecular complexity index is 2070. The van der Waals surface area contributed by atoms with E-state index in [9.17, 15) is 18.8 Å². The summed E-state index contributed by atoms with van der Waals surface area (Å²) in [4.78, 5) is 50.0. The number of Topliss-reactive ketones (excluding diaryl/α,β-unsaturated/α-hetero) is 1. The highest BCUT2D eigenvalue weighted by molar-refractivity contribution is 5.98. The Labute approximate surface area is 278 Å². The fourth-order valence-electron chi connectivity index (χ4n) is 6.79. The lowest BCUT2D eigenvalue weighted by atomic mass is 9.92. The Morgan fingerprint density at radius 1 is 1.02 bits per heavy atom. The quantitative estimate of drug-likeness (QED) is 0.204. The van der Waals surface area contributed by atoms with Crippen LogP contribution in [0.1, 0.15) is 79.8 Å². The highest BCUT2D eigenvalue weighted by Crippen LogP contribution is 2.37. The molecule has 0 unspecified atom stereocenters. The predicted molar refractivity (Wildman–Crippen MR) is 183 cm³/mol. The van der Waals surface area contributed by atoms with Gasteiger partial charge in [-0.25, -0.2) is 13.9 Å². The largest absolute Gasteiger partial charge is 0.382 e. The number of nitrogens with zero attached hydrogens (tertiary/aromatic N) is 6. The van der Waals surface area contributed by atoms with Gasteiger partial charge in [0.2, 0.25) is 11.3 Å². The Morgan fingerprint density at radius 3 is 2.38 bits per heavy atom. The molecule has 1 fully saturated rings. The van der Waals surface area contributed by atoms with Crippen molar-refractivity contribution in [2.75, 3.05) is 18.8 Å². The molecule has 0 bridgehead atoms. The number of fused-ring (bicyclic) bond motifs is 1. The van der Waals surface area contributed by atoms with Crippen LogP contribution in [0.3, 0.4) is 0 Å². The lowest BCUT2D eigenvalue weighted by Crippen LogP contribution is -2.40. The smallest absolute Gasteiger partial charge is 0.225 e. The van der Waals surface area contributed by atoms with E-state index in [1.807, 2.05) is 65.9 Å². The van der Waals surface area contributed by atoms with Crippen LogP contribution in [0.2, 0.25) is 0 Å². The van der Waals surface area contributed by atoms with Gasteiger partial charge in [-0.15, -0.1) is 0 Å². The van der Waals surface area contributed by atoms with E-state index < -0.39 is 11.2 Å². The fourth-order valence-corrected chi connectivity index (χ4v) is 6.79. The highest BCUT2D eigenvalue weighted by Gasteiger charge is 2.29. The van der Waals surface area contributed by atoms with Gasteiger partial charge in [0.1, 0.15) is 17.7 Å². The van der Waals surface area contributed by atoms with Crippen LogP contribution in [0.4, 0.5) is 10.2 Å². The van der Waals surface area contributed by atoms with Gasteiger partial charge in [-0.05, 0) is 56.9 Å². The molecule has 4 aromatic heterocycles. The molecule has 248 valence electrons. The molecule has 11 heteroatoms. The number of ketones is 1. The van der Waals surface area contributed by atoms with Crippen LogP contribution in [0.25, 0.3) is 27.8 Å². The topological polar surface area (TPSA) is 128 Å². The van der Waals surface area contributed by atoms with Gasteiger partial charge in [0, 0.05) is 72.3 Å². The minimum atomic E-state index is -0.556. The number of nitrogen functional groups attached to an aromatic ring is 1. The molecule has 0 atom stereocenters. The maximum Gasteiger partial charge on any atom is 0.225 e. The molecule has 1 saturated heterocycles. The van der Waals surface area contributed by atoms with Crippen LogP contribution >= 0.6 is 0 Å². The van der Waals surface area contributed by atoms with Gasteiger partial charge in [0.25, 0.3) is 0 Å². The summed E-state index contributed by atoms with van der Waals surface area (Å²) in [5, 5.41) is 4.55. The van der Waals surface area contributed by atoms with Crippen molar-refractivity contribution in [2.24, 2.45) is 5.92 Å². The summed E-state index contributed by atoms with van der Waals surface area (Å²) >= 11 is 0. The number of hydrogen-bond donors (Lipinski definition) is 1. The molecular formula is C37H40FN7O3. The summed E-state index contributed by atoms with van der Waals surface area (Å²) in [6.07, 6.45) is 7.24. The number of likely N-dealkylation sites (tertiary alicyclic amines) is 1. The van der Waals surface area contributed by atoms with E-state index >= 15 is 0 Å². The summed E-state index contributed by atoms with van der Waals surface area (Å²) < 4.78 is 17.8. The number of pyridine rings is 2. The van der Waals surface area contributed by atoms with Crippen molar-refractivity contribution in [2.45, 2.75) is 65.8 Å². The maximum absolute atomic E-state index is 14.1. The molecule has 0 saturated carbocycles. The van der Waals surface area contributed by atoms with Gasteiger partial charge in [0.05, 0.1) is 17.3 Å². The van der Waals surface area contributed by atoms with Crippen LogP contribution in [-0.4, -0.2) is 53.8 Å². The number of anilines is 1. The number of carbonyl (C=O) groups excluding carboxylic acids is 2. The van der Waals surface area contributed by atoms with Crippen LogP contribution in [0.5, 0.6) is 0 Å². The van der Waals surface area contributed by atoms with E-state index in [1.54, 1.807) is 13.1 Å². The number of piperidine rings is 1. The number of amides is 1. The molecular weight excluding hydrogens is 609 g/mol. The van der Waals surface area contributed by atoms with E-state index in [1.165, 1.54) is 18.6 Å². The zero-order valence-electron chi connectivity index (χ0n) is 27.9. The monoisotopic (exact) mass is 649 g/mol. The first-order valence-corrected chi connectivity index (χ1v) is 16.3. The number of rotatable bonds is 8. The van der Waals surface area contributed by atoms with Gasteiger partial charge >= 0.3 is 0 Å². The van der Waals surface area contributed by atoms with Crippen LogP contribution in [-0.2, 0) is 11.2 Å². The number of halogens is 1. The Balaban J connectivity index is 1.29. The minimum Gasteiger partial charge on any atom is -0.382 e. The number of benzene rings is 1. The van der Waals surface area contributed by atoms with Crippen LogP contribution in [0.15, 0.2) is 66.1 Å².